The monoisotopic (exact) mass is 327 g/mol. The van der Waals surface area contributed by atoms with Gasteiger partial charge in [-0.15, -0.1) is 0 Å². The van der Waals surface area contributed by atoms with Crippen LogP contribution in [0.2, 0.25) is 5.02 Å². The fraction of sp³-hybridized carbons (Fsp3) is 0.118. The molecule has 2 aromatic carbocycles. The van der Waals surface area contributed by atoms with E-state index in [4.69, 9.17) is 16.1 Å². The number of amides is 1. The van der Waals surface area contributed by atoms with E-state index in [1.807, 2.05) is 37.3 Å². The smallest absolute Gasteiger partial charge is 0.251 e. The molecule has 1 amide bonds. The third-order valence-corrected chi connectivity index (χ3v) is 3.50. The van der Waals surface area contributed by atoms with Crippen molar-refractivity contribution >= 4 is 17.5 Å². The van der Waals surface area contributed by atoms with E-state index in [1.165, 1.54) is 0 Å². The van der Waals surface area contributed by atoms with Gasteiger partial charge in [0.1, 0.15) is 0 Å². The molecule has 0 unspecified atom stereocenters. The number of nitrogens with zero attached hydrogens (tertiary/aromatic N) is 2. The molecular weight excluding hydrogens is 314 g/mol. The van der Waals surface area contributed by atoms with E-state index in [1.54, 1.807) is 18.2 Å². The van der Waals surface area contributed by atoms with Crippen molar-refractivity contribution in [3.05, 3.63) is 70.6 Å². The van der Waals surface area contributed by atoms with Crippen LogP contribution in [0, 0.1) is 6.92 Å². The number of nitrogens with one attached hydrogen (secondary N) is 1. The highest BCUT2D eigenvalue weighted by Crippen LogP contribution is 2.18. The maximum Gasteiger partial charge on any atom is 0.251 e. The lowest BCUT2D eigenvalue weighted by Crippen LogP contribution is -2.22. The van der Waals surface area contributed by atoms with Gasteiger partial charge in [-0.1, -0.05) is 34.5 Å². The first kappa shape index (κ1) is 15.2. The quantitative estimate of drug-likeness (QED) is 0.794. The highest BCUT2D eigenvalue weighted by atomic mass is 35.5. The summed E-state index contributed by atoms with van der Waals surface area (Å²) in [6.45, 7) is 2.11. The molecule has 0 saturated carbocycles. The maximum atomic E-state index is 12.1. The number of hydrogen-bond acceptors (Lipinski definition) is 4. The zero-order valence-electron chi connectivity index (χ0n) is 12.4. The number of hydrogen-bond donors (Lipinski definition) is 1. The first-order valence-electron chi connectivity index (χ1n) is 7.05. The van der Waals surface area contributed by atoms with Crippen LogP contribution in [-0.4, -0.2) is 16.0 Å². The average molecular weight is 328 g/mol. The van der Waals surface area contributed by atoms with Crippen LogP contribution in [-0.2, 0) is 6.54 Å². The van der Waals surface area contributed by atoms with Gasteiger partial charge in [-0.3, -0.25) is 4.79 Å². The molecule has 0 fully saturated rings. The summed E-state index contributed by atoms with van der Waals surface area (Å²) >= 11 is 5.85. The number of aryl methyl sites for hydroxylation is 1. The Morgan fingerprint density at radius 3 is 2.74 bits per heavy atom. The molecule has 0 saturated heterocycles. The molecule has 1 aromatic heterocycles. The number of carbonyl (C=O) groups is 1. The van der Waals surface area contributed by atoms with Gasteiger partial charge in [0.25, 0.3) is 5.91 Å². The maximum absolute atomic E-state index is 12.1. The lowest BCUT2D eigenvalue weighted by molar-refractivity contribution is 0.0946. The van der Waals surface area contributed by atoms with Gasteiger partial charge < -0.3 is 9.84 Å². The van der Waals surface area contributed by atoms with Crippen molar-refractivity contribution in [3.8, 4) is 11.4 Å². The van der Waals surface area contributed by atoms with Crippen LogP contribution < -0.4 is 5.32 Å². The molecule has 3 rings (SSSR count). The SMILES string of the molecule is Cc1cccc(C(=O)NCc2nc(-c3ccc(Cl)cc3)no2)c1. The van der Waals surface area contributed by atoms with Gasteiger partial charge in [0, 0.05) is 16.1 Å². The van der Waals surface area contributed by atoms with E-state index in [0.717, 1.165) is 11.1 Å². The van der Waals surface area contributed by atoms with Gasteiger partial charge in [0.15, 0.2) is 0 Å². The van der Waals surface area contributed by atoms with E-state index in [2.05, 4.69) is 15.5 Å². The molecule has 0 atom stereocenters. The van der Waals surface area contributed by atoms with Gasteiger partial charge in [0.2, 0.25) is 11.7 Å². The highest BCUT2D eigenvalue weighted by Gasteiger charge is 2.11. The summed E-state index contributed by atoms with van der Waals surface area (Å²) in [6.07, 6.45) is 0. The summed E-state index contributed by atoms with van der Waals surface area (Å²) < 4.78 is 5.15. The first-order valence-corrected chi connectivity index (χ1v) is 7.43. The fourth-order valence-corrected chi connectivity index (χ4v) is 2.21. The van der Waals surface area contributed by atoms with Crippen molar-refractivity contribution in [2.45, 2.75) is 13.5 Å². The summed E-state index contributed by atoms with van der Waals surface area (Å²) in [6, 6.07) is 14.5. The Hall–Kier alpha value is -2.66. The zero-order chi connectivity index (χ0) is 16.2. The third kappa shape index (κ3) is 3.76. The van der Waals surface area contributed by atoms with Gasteiger partial charge in [-0.25, -0.2) is 0 Å². The minimum Gasteiger partial charge on any atom is -0.343 e. The highest BCUT2D eigenvalue weighted by molar-refractivity contribution is 6.30. The molecule has 0 bridgehead atoms. The first-order chi connectivity index (χ1) is 11.1. The second kappa shape index (κ2) is 6.62. The summed E-state index contributed by atoms with van der Waals surface area (Å²) in [5.74, 6) is 0.623. The summed E-state index contributed by atoms with van der Waals surface area (Å²) in [5.41, 5.74) is 2.43. The van der Waals surface area contributed by atoms with Crippen LogP contribution in [0.25, 0.3) is 11.4 Å². The molecule has 6 heteroatoms. The Kier molecular flexibility index (Phi) is 4.39. The van der Waals surface area contributed by atoms with Crippen LogP contribution in [0.3, 0.4) is 0 Å². The minimum atomic E-state index is -0.181. The second-order valence-corrected chi connectivity index (χ2v) is 5.51. The van der Waals surface area contributed by atoms with Crippen LogP contribution in [0.1, 0.15) is 21.8 Å². The Morgan fingerprint density at radius 1 is 1.22 bits per heavy atom. The van der Waals surface area contributed by atoms with E-state index in [9.17, 15) is 4.79 Å². The number of benzene rings is 2. The molecule has 0 aliphatic carbocycles. The van der Waals surface area contributed by atoms with Crippen molar-refractivity contribution in [1.82, 2.24) is 15.5 Å². The largest absolute Gasteiger partial charge is 0.343 e. The van der Waals surface area contributed by atoms with Gasteiger partial charge in [0.05, 0.1) is 6.54 Å². The van der Waals surface area contributed by atoms with Gasteiger partial charge >= 0.3 is 0 Å². The van der Waals surface area contributed by atoms with E-state index >= 15 is 0 Å². The van der Waals surface area contributed by atoms with Crippen molar-refractivity contribution in [1.29, 1.82) is 0 Å². The van der Waals surface area contributed by atoms with Gasteiger partial charge in [-0.05, 0) is 43.3 Å². The van der Waals surface area contributed by atoms with Crippen LogP contribution >= 0.6 is 11.6 Å². The molecule has 1 heterocycles. The molecule has 3 aromatic rings. The number of rotatable bonds is 4. The van der Waals surface area contributed by atoms with Crippen LogP contribution in [0.4, 0.5) is 0 Å². The molecule has 23 heavy (non-hydrogen) atoms. The molecule has 116 valence electrons. The lowest BCUT2D eigenvalue weighted by atomic mass is 10.1. The standard InChI is InChI=1S/C17H14ClN3O2/c1-11-3-2-4-13(9-11)17(22)19-10-15-20-16(21-23-15)12-5-7-14(18)8-6-12/h2-9H,10H2,1H3,(H,19,22). The molecule has 0 aliphatic rings. The lowest BCUT2D eigenvalue weighted by Gasteiger charge is -2.02. The molecule has 0 radical (unpaired) electrons. The zero-order valence-corrected chi connectivity index (χ0v) is 13.2. The van der Waals surface area contributed by atoms with Crippen molar-refractivity contribution in [2.24, 2.45) is 0 Å². The fourth-order valence-electron chi connectivity index (χ4n) is 2.09. The van der Waals surface area contributed by atoms with Crippen molar-refractivity contribution in [3.63, 3.8) is 0 Å². The normalized spacial score (nSPS) is 10.5. The molecule has 5 nitrogen and oxygen atoms in total. The number of aromatic nitrogens is 2. The van der Waals surface area contributed by atoms with Gasteiger partial charge in [-0.2, -0.15) is 4.98 Å². The van der Waals surface area contributed by atoms with Crippen molar-refractivity contribution in [2.75, 3.05) is 0 Å². The Balaban J connectivity index is 1.65. The molecule has 1 N–H and O–H groups in total. The Bertz CT molecular complexity index is 828. The van der Waals surface area contributed by atoms with E-state index in [0.29, 0.717) is 22.3 Å². The summed E-state index contributed by atoms with van der Waals surface area (Å²) in [5, 5.41) is 7.30. The average Bonchev–Trinajstić information content (AvgIpc) is 3.02. The Morgan fingerprint density at radius 2 is 2.00 bits per heavy atom. The number of halogens is 1. The van der Waals surface area contributed by atoms with Crippen LogP contribution in [0.15, 0.2) is 53.1 Å². The number of carbonyl (C=O) groups excluding carboxylic acids is 1. The topological polar surface area (TPSA) is 68.0 Å². The van der Waals surface area contributed by atoms with E-state index in [-0.39, 0.29) is 12.5 Å². The second-order valence-electron chi connectivity index (χ2n) is 5.07. The molecule has 0 spiro atoms. The van der Waals surface area contributed by atoms with Crippen LogP contribution in [0.5, 0.6) is 0 Å². The summed E-state index contributed by atoms with van der Waals surface area (Å²) in [4.78, 5) is 16.3. The Labute approximate surface area is 138 Å². The van der Waals surface area contributed by atoms with Crippen molar-refractivity contribution < 1.29 is 9.32 Å². The third-order valence-electron chi connectivity index (χ3n) is 3.25. The molecule has 0 aliphatic heterocycles. The van der Waals surface area contributed by atoms with E-state index < -0.39 is 0 Å². The predicted molar refractivity (Wildman–Crippen MR) is 87.1 cm³/mol. The summed E-state index contributed by atoms with van der Waals surface area (Å²) in [7, 11) is 0. The predicted octanol–water partition coefficient (Wildman–Crippen LogP) is 3.63. The molecular formula is C17H14ClN3O2. The minimum absolute atomic E-state index is 0.174.